The average Bonchev–Trinajstić information content (AvgIpc) is 2.82. The molecule has 180 valence electrons. The van der Waals surface area contributed by atoms with Crippen LogP contribution in [0.3, 0.4) is 0 Å². The van der Waals surface area contributed by atoms with E-state index in [1.807, 2.05) is 48.5 Å². The van der Waals surface area contributed by atoms with Gasteiger partial charge >= 0.3 is 5.97 Å². The van der Waals surface area contributed by atoms with E-state index in [-0.39, 0.29) is 32.2 Å². The van der Waals surface area contributed by atoms with Crippen LogP contribution in [-0.4, -0.2) is 57.9 Å². The lowest BCUT2D eigenvalue weighted by molar-refractivity contribution is -0.145. The minimum Gasteiger partial charge on any atom is -0.463 e. The number of rotatable bonds is 17. The number of benzene rings is 2. The zero-order chi connectivity index (χ0) is 23.7. The van der Waals surface area contributed by atoms with E-state index in [2.05, 4.69) is 10.6 Å². The second-order valence-corrected chi connectivity index (χ2v) is 7.33. The van der Waals surface area contributed by atoms with Gasteiger partial charge in [0.2, 0.25) is 0 Å². The zero-order valence-electron chi connectivity index (χ0n) is 18.8. The van der Waals surface area contributed by atoms with Gasteiger partial charge in [-0.2, -0.15) is 0 Å². The monoisotopic (exact) mass is 458 g/mol. The lowest BCUT2D eigenvalue weighted by Crippen LogP contribution is -2.31. The molecule has 0 aliphatic carbocycles. The number of carbonyl (C=O) groups is 2. The van der Waals surface area contributed by atoms with Crippen molar-refractivity contribution >= 4 is 23.6 Å². The molecule has 2 aromatic rings. The van der Waals surface area contributed by atoms with Gasteiger partial charge in [-0.05, 0) is 23.3 Å². The van der Waals surface area contributed by atoms with Gasteiger partial charge in [0.05, 0.1) is 26.2 Å². The Labute approximate surface area is 194 Å². The summed E-state index contributed by atoms with van der Waals surface area (Å²) in [5.41, 5.74) is 15.2. The van der Waals surface area contributed by atoms with E-state index in [9.17, 15) is 9.59 Å². The van der Waals surface area contributed by atoms with Crippen LogP contribution < -0.4 is 22.1 Å². The second kappa shape index (κ2) is 15.8. The minimum atomic E-state index is -0.574. The molecule has 2 aromatic carbocycles. The van der Waals surface area contributed by atoms with Crippen LogP contribution >= 0.6 is 0 Å². The highest BCUT2D eigenvalue weighted by Gasteiger charge is 2.08. The van der Waals surface area contributed by atoms with Gasteiger partial charge in [0.25, 0.3) is 0 Å². The van der Waals surface area contributed by atoms with Gasteiger partial charge in [0.1, 0.15) is 19.0 Å². The molecule has 9 nitrogen and oxygen atoms in total. The number of nitrogen functional groups attached to an aromatic ring is 2. The van der Waals surface area contributed by atoms with Crippen molar-refractivity contribution in [2.24, 2.45) is 0 Å². The molecule has 0 fully saturated rings. The largest absolute Gasteiger partial charge is 0.463 e. The van der Waals surface area contributed by atoms with Crippen molar-refractivity contribution < 1.29 is 23.8 Å². The third-order valence-corrected chi connectivity index (χ3v) is 4.79. The Morgan fingerprint density at radius 3 is 2.12 bits per heavy atom. The van der Waals surface area contributed by atoms with Crippen LogP contribution in [0.25, 0.3) is 0 Å². The Morgan fingerprint density at radius 2 is 1.48 bits per heavy atom. The minimum absolute atomic E-state index is 0.168. The zero-order valence-corrected chi connectivity index (χ0v) is 18.8. The Hall–Kier alpha value is -2.98. The van der Waals surface area contributed by atoms with Gasteiger partial charge in [-0.25, -0.2) is 0 Å². The van der Waals surface area contributed by atoms with Crippen LogP contribution in [0.15, 0.2) is 48.5 Å². The van der Waals surface area contributed by atoms with Gasteiger partial charge in [-0.1, -0.05) is 36.4 Å². The summed E-state index contributed by atoms with van der Waals surface area (Å²) in [6.07, 6.45) is 0.442. The number of hydrogen-bond acceptors (Lipinski definition) is 9. The van der Waals surface area contributed by atoms with Crippen LogP contribution in [0.2, 0.25) is 0 Å². The highest BCUT2D eigenvalue weighted by atomic mass is 16.6. The van der Waals surface area contributed by atoms with Crippen LogP contribution in [-0.2, 0) is 36.9 Å². The first-order valence-corrected chi connectivity index (χ1v) is 11.0. The number of aldehydes is 1. The number of ether oxygens (including phenoxy) is 3. The van der Waals surface area contributed by atoms with Gasteiger partial charge in [0.15, 0.2) is 0 Å². The van der Waals surface area contributed by atoms with E-state index >= 15 is 0 Å². The maximum Gasteiger partial charge on any atom is 0.307 e. The Balaban J connectivity index is 1.43. The van der Waals surface area contributed by atoms with Crippen molar-refractivity contribution in [2.75, 3.05) is 51.0 Å². The summed E-state index contributed by atoms with van der Waals surface area (Å²) in [4.78, 5) is 22.9. The number of nitrogens with two attached hydrogens (primary N) is 2. The molecule has 0 saturated heterocycles. The number of para-hydroxylation sites is 2. The number of anilines is 2. The van der Waals surface area contributed by atoms with Gasteiger partial charge in [0, 0.05) is 37.6 Å². The van der Waals surface area contributed by atoms with E-state index in [0.717, 1.165) is 23.1 Å². The molecule has 9 heteroatoms. The molecule has 0 spiro atoms. The van der Waals surface area contributed by atoms with Crippen molar-refractivity contribution in [1.82, 2.24) is 10.6 Å². The first kappa shape index (κ1) is 26.3. The summed E-state index contributed by atoms with van der Waals surface area (Å²) in [5.74, 6) is -0.297. The van der Waals surface area contributed by atoms with Crippen LogP contribution in [0.5, 0.6) is 0 Å². The van der Waals surface area contributed by atoms with E-state index in [0.29, 0.717) is 38.5 Å². The lowest BCUT2D eigenvalue weighted by Gasteiger charge is -2.14. The van der Waals surface area contributed by atoms with Crippen molar-refractivity contribution in [3.63, 3.8) is 0 Å². The van der Waals surface area contributed by atoms with Crippen LogP contribution in [0.4, 0.5) is 11.4 Å². The first-order valence-electron chi connectivity index (χ1n) is 11.0. The number of nitrogens with one attached hydrogen (secondary N) is 2. The summed E-state index contributed by atoms with van der Waals surface area (Å²) in [7, 11) is 0. The summed E-state index contributed by atoms with van der Waals surface area (Å²) >= 11 is 0. The molecule has 1 unspecified atom stereocenters. The van der Waals surface area contributed by atoms with Crippen molar-refractivity contribution in [3.8, 4) is 0 Å². The topological polar surface area (TPSA) is 138 Å². The maximum absolute atomic E-state index is 11.7. The van der Waals surface area contributed by atoms with Gasteiger partial charge in [-0.15, -0.1) is 0 Å². The lowest BCUT2D eigenvalue weighted by atomic mass is 10.2. The van der Waals surface area contributed by atoms with Crippen molar-refractivity contribution in [3.05, 3.63) is 59.7 Å². The molecule has 6 N–H and O–H groups in total. The molecule has 1 atom stereocenters. The molecular formula is C24H34N4O5. The summed E-state index contributed by atoms with van der Waals surface area (Å²) in [6.45, 7) is 3.02. The highest BCUT2D eigenvalue weighted by Crippen LogP contribution is 2.10. The van der Waals surface area contributed by atoms with E-state index < -0.39 is 6.10 Å². The second-order valence-electron chi connectivity index (χ2n) is 7.33. The van der Waals surface area contributed by atoms with E-state index in [1.165, 1.54) is 0 Å². The fraction of sp³-hybridized carbons (Fsp3) is 0.417. The van der Waals surface area contributed by atoms with Crippen LogP contribution in [0.1, 0.15) is 17.5 Å². The fourth-order valence-corrected chi connectivity index (χ4v) is 2.95. The Kier molecular flexibility index (Phi) is 12.5. The van der Waals surface area contributed by atoms with E-state index in [4.69, 9.17) is 25.7 Å². The van der Waals surface area contributed by atoms with E-state index in [1.54, 1.807) is 0 Å². The first-order chi connectivity index (χ1) is 16.1. The van der Waals surface area contributed by atoms with Crippen molar-refractivity contribution in [1.29, 1.82) is 0 Å². The smallest absolute Gasteiger partial charge is 0.307 e. The standard InChI is InChI=1S/C24H34N4O5/c25-22-7-3-1-5-19(22)15-27-10-9-24(30)33-14-12-31-11-13-32-21(18-29)17-28-16-20-6-2-4-8-23(20)26/h1-8,18,21,27-28H,9-17,25-26H2. The number of hydrogen-bond donors (Lipinski definition) is 4. The maximum atomic E-state index is 11.7. The normalized spacial score (nSPS) is 11.8. The Morgan fingerprint density at radius 1 is 0.879 bits per heavy atom. The Bertz CT molecular complexity index is 849. The number of esters is 1. The summed E-state index contributed by atoms with van der Waals surface area (Å²) in [5, 5.41) is 6.32. The molecule has 0 radical (unpaired) electrons. The highest BCUT2D eigenvalue weighted by molar-refractivity contribution is 5.69. The van der Waals surface area contributed by atoms with Crippen LogP contribution in [0, 0.1) is 0 Å². The third-order valence-electron chi connectivity index (χ3n) is 4.79. The molecule has 0 amide bonds. The third kappa shape index (κ3) is 10.9. The molecular weight excluding hydrogens is 424 g/mol. The molecule has 0 heterocycles. The molecule has 2 rings (SSSR count). The molecule has 0 aromatic heterocycles. The molecule has 0 aliphatic rings. The molecule has 33 heavy (non-hydrogen) atoms. The quantitative estimate of drug-likeness (QED) is 0.119. The van der Waals surface area contributed by atoms with Gasteiger partial charge < -0.3 is 41.1 Å². The predicted octanol–water partition coefficient (Wildman–Crippen LogP) is 1.26. The predicted molar refractivity (Wildman–Crippen MR) is 127 cm³/mol. The summed E-state index contributed by atoms with van der Waals surface area (Å²) in [6, 6.07) is 15.1. The molecule has 0 aliphatic heterocycles. The molecule has 0 saturated carbocycles. The van der Waals surface area contributed by atoms with Crippen molar-refractivity contribution in [2.45, 2.75) is 25.6 Å². The summed E-state index contributed by atoms with van der Waals surface area (Å²) < 4.78 is 16.0. The SMILES string of the molecule is Nc1ccccc1CNCCC(=O)OCCOCCOC(C=O)CNCc1ccccc1N. The molecule has 0 bridgehead atoms. The number of carbonyl (C=O) groups excluding carboxylic acids is 2. The van der Waals surface area contributed by atoms with Gasteiger partial charge in [-0.3, -0.25) is 4.79 Å². The fourth-order valence-electron chi connectivity index (χ4n) is 2.95. The average molecular weight is 459 g/mol.